The van der Waals surface area contributed by atoms with Crippen LogP contribution < -0.4 is 15.4 Å². The summed E-state index contributed by atoms with van der Waals surface area (Å²) in [6.45, 7) is 5.15. The lowest BCUT2D eigenvalue weighted by Crippen LogP contribution is -2.39. The van der Waals surface area contributed by atoms with Gasteiger partial charge in [0.2, 0.25) is 0 Å². The monoisotopic (exact) mass is 540 g/mol. The molecule has 1 atom stereocenters. The van der Waals surface area contributed by atoms with E-state index in [2.05, 4.69) is 31.8 Å². The van der Waals surface area contributed by atoms with E-state index in [1.54, 1.807) is 0 Å². The summed E-state index contributed by atoms with van der Waals surface area (Å²) in [4.78, 5) is 18.4. The fraction of sp³-hybridized carbons (Fsp3) is 0.500. The molecule has 3 rings (SSSR count). The number of hydrogen-bond acceptors (Lipinski definition) is 4. The highest BCUT2D eigenvalue weighted by atomic mass is 127. The number of benzene rings is 1. The van der Waals surface area contributed by atoms with Crippen molar-refractivity contribution in [3.8, 4) is 5.75 Å². The minimum absolute atomic E-state index is 0. The Labute approximate surface area is 201 Å². The van der Waals surface area contributed by atoms with Crippen LogP contribution in [0.5, 0.6) is 5.75 Å². The van der Waals surface area contributed by atoms with E-state index in [4.69, 9.17) is 4.74 Å². The quantitative estimate of drug-likeness (QED) is 0.305. The molecule has 0 aliphatic carbocycles. The molecule has 1 fully saturated rings. The lowest BCUT2D eigenvalue weighted by atomic mass is 10.0. The summed E-state index contributed by atoms with van der Waals surface area (Å²) < 4.78 is 7.44. The average Bonchev–Trinajstić information content (AvgIpc) is 3.37. The number of nitrogens with one attached hydrogen (secondary N) is 2. The largest absolute Gasteiger partial charge is 0.484 e. The highest BCUT2D eigenvalue weighted by Crippen LogP contribution is 2.21. The van der Waals surface area contributed by atoms with Gasteiger partial charge in [0.15, 0.2) is 12.6 Å². The van der Waals surface area contributed by atoms with E-state index in [0.29, 0.717) is 24.8 Å². The van der Waals surface area contributed by atoms with Crippen LogP contribution in [0.2, 0.25) is 0 Å². The zero-order chi connectivity index (χ0) is 21.3. The Kier molecular flexibility index (Phi) is 10.1. The van der Waals surface area contributed by atoms with Crippen LogP contribution >= 0.6 is 24.0 Å². The summed E-state index contributed by atoms with van der Waals surface area (Å²) in [6, 6.07) is 7.79. The first kappa shape index (κ1) is 25.0. The zero-order valence-corrected chi connectivity index (χ0v) is 20.8. The molecular formula is C22H33IN6O2. The smallest absolute Gasteiger partial charge is 0.257 e. The third-order valence-corrected chi connectivity index (χ3v) is 5.17. The molecule has 2 heterocycles. The van der Waals surface area contributed by atoms with Gasteiger partial charge in [0, 0.05) is 46.5 Å². The van der Waals surface area contributed by atoms with Crippen molar-refractivity contribution in [1.29, 1.82) is 0 Å². The molecule has 1 aliphatic heterocycles. The molecule has 1 aliphatic rings. The Hall–Kier alpha value is -2.30. The molecule has 0 saturated carbocycles. The number of aryl methyl sites for hydroxylation is 1. The number of carbonyl (C=O) groups is 1. The molecule has 31 heavy (non-hydrogen) atoms. The van der Waals surface area contributed by atoms with E-state index in [0.717, 1.165) is 37.5 Å². The van der Waals surface area contributed by atoms with Crippen molar-refractivity contribution >= 4 is 35.8 Å². The summed E-state index contributed by atoms with van der Waals surface area (Å²) in [7, 11) is 3.78. The van der Waals surface area contributed by atoms with E-state index < -0.39 is 0 Å². The summed E-state index contributed by atoms with van der Waals surface area (Å²) in [5.41, 5.74) is 2.37. The second kappa shape index (κ2) is 12.5. The second-order valence-corrected chi connectivity index (χ2v) is 7.62. The number of guanidine groups is 1. The van der Waals surface area contributed by atoms with Crippen molar-refractivity contribution in [2.75, 3.05) is 33.3 Å². The van der Waals surface area contributed by atoms with E-state index in [-0.39, 0.29) is 36.5 Å². The number of aliphatic imine (C=N–C) groups is 1. The first-order valence-corrected chi connectivity index (χ1v) is 10.5. The zero-order valence-electron chi connectivity index (χ0n) is 18.5. The van der Waals surface area contributed by atoms with Crippen LogP contribution in [0.1, 0.15) is 24.5 Å². The van der Waals surface area contributed by atoms with E-state index >= 15 is 0 Å². The number of rotatable bonds is 8. The van der Waals surface area contributed by atoms with Crippen LogP contribution in [-0.2, 0) is 24.8 Å². The number of halogens is 1. The Morgan fingerprint density at radius 1 is 1.32 bits per heavy atom. The Bertz CT molecular complexity index is 869. The second-order valence-electron chi connectivity index (χ2n) is 7.62. The number of nitrogens with zero attached hydrogens (tertiary/aromatic N) is 4. The maximum absolute atomic E-state index is 11.6. The van der Waals surface area contributed by atoms with E-state index in [9.17, 15) is 4.79 Å². The normalized spacial score (nSPS) is 16.0. The molecule has 0 bridgehead atoms. The predicted molar refractivity (Wildman–Crippen MR) is 133 cm³/mol. The Morgan fingerprint density at radius 2 is 2.16 bits per heavy atom. The molecule has 0 radical (unpaired) electrons. The average molecular weight is 540 g/mol. The Balaban J connectivity index is 0.00000341. The first-order valence-electron chi connectivity index (χ1n) is 10.5. The number of amides is 1. The molecule has 1 unspecified atom stereocenters. The van der Waals surface area contributed by atoms with Crippen molar-refractivity contribution in [2.24, 2.45) is 18.0 Å². The summed E-state index contributed by atoms with van der Waals surface area (Å²) in [6.07, 6.45) is 6.25. The van der Waals surface area contributed by atoms with Crippen LogP contribution in [0, 0.1) is 5.92 Å². The van der Waals surface area contributed by atoms with Crippen molar-refractivity contribution in [2.45, 2.75) is 26.3 Å². The van der Waals surface area contributed by atoms with Crippen molar-refractivity contribution < 1.29 is 9.53 Å². The van der Waals surface area contributed by atoms with Gasteiger partial charge in [-0.25, -0.2) is 0 Å². The number of likely N-dealkylation sites (N-methyl/N-ethyl adjacent to an activating group) is 1. The van der Waals surface area contributed by atoms with Gasteiger partial charge in [0.25, 0.3) is 5.91 Å². The minimum atomic E-state index is -0.115. The fourth-order valence-corrected chi connectivity index (χ4v) is 3.76. The maximum atomic E-state index is 11.6. The summed E-state index contributed by atoms with van der Waals surface area (Å²) >= 11 is 0. The standard InChI is InChI=1S/C22H32N6O2.HI/c1-4-24-21(29)16-30-20-7-5-6-17(11-20)12-25-22(23-2)28-9-8-18(15-28)10-19-13-26-27(3)14-19;/h5-7,11,13-14,18H,4,8-10,12,15-16H2,1-3H3,(H,23,25)(H,24,29);1H. The van der Waals surface area contributed by atoms with Gasteiger partial charge in [0.1, 0.15) is 5.75 Å². The molecule has 2 N–H and O–H groups in total. The lowest BCUT2D eigenvalue weighted by molar-refractivity contribution is -0.122. The SMILES string of the molecule is CCNC(=O)COc1cccc(CNC(=NC)N2CCC(Cc3cnn(C)c3)C2)c1.I. The third kappa shape index (κ3) is 7.71. The van der Waals surface area contributed by atoms with Crippen molar-refractivity contribution in [3.05, 3.63) is 47.8 Å². The van der Waals surface area contributed by atoms with Gasteiger partial charge < -0.3 is 20.3 Å². The number of carbonyl (C=O) groups excluding carboxylic acids is 1. The summed E-state index contributed by atoms with van der Waals surface area (Å²) in [5.74, 6) is 2.10. The third-order valence-electron chi connectivity index (χ3n) is 5.17. The van der Waals surface area contributed by atoms with Gasteiger partial charge in [-0.1, -0.05) is 12.1 Å². The predicted octanol–water partition coefficient (Wildman–Crippen LogP) is 2.19. The van der Waals surface area contributed by atoms with Gasteiger partial charge in [-0.15, -0.1) is 24.0 Å². The van der Waals surface area contributed by atoms with Crippen LogP contribution in [-0.4, -0.2) is 59.8 Å². The van der Waals surface area contributed by atoms with Crippen LogP contribution in [0.25, 0.3) is 0 Å². The van der Waals surface area contributed by atoms with E-state index in [1.165, 1.54) is 5.56 Å². The number of likely N-dealkylation sites (tertiary alicyclic amines) is 1. The van der Waals surface area contributed by atoms with Crippen molar-refractivity contribution in [1.82, 2.24) is 25.3 Å². The van der Waals surface area contributed by atoms with Crippen LogP contribution in [0.15, 0.2) is 41.7 Å². The van der Waals surface area contributed by atoms with E-state index in [1.807, 2.05) is 56.2 Å². The highest BCUT2D eigenvalue weighted by molar-refractivity contribution is 14.0. The molecule has 2 aromatic rings. The van der Waals surface area contributed by atoms with Crippen molar-refractivity contribution in [3.63, 3.8) is 0 Å². The lowest BCUT2D eigenvalue weighted by Gasteiger charge is -2.22. The van der Waals surface area contributed by atoms with Gasteiger partial charge in [-0.3, -0.25) is 14.5 Å². The van der Waals surface area contributed by atoms with Crippen LogP contribution in [0.4, 0.5) is 0 Å². The molecule has 8 nitrogen and oxygen atoms in total. The number of hydrogen-bond donors (Lipinski definition) is 2. The molecule has 170 valence electrons. The van der Waals surface area contributed by atoms with Gasteiger partial charge in [-0.05, 0) is 48.9 Å². The molecule has 1 aromatic carbocycles. The molecule has 1 saturated heterocycles. The number of ether oxygens (including phenoxy) is 1. The van der Waals surface area contributed by atoms with Gasteiger partial charge in [-0.2, -0.15) is 5.10 Å². The molecule has 1 amide bonds. The minimum Gasteiger partial charge on any atom is -0.484 e. The molecular weight excluding hydrogens is 507 g/mol. The van der Waals surface area contributed by atoms with Gasteiger partial charge in [0.05, 0.1) is 6.20 Å². The highest BCUT2D eigenvalue weighted by Gasteiger charge is 2.25. The maximum Gasteiger partial charge on any atom is 0.257 e. The molecule has 9 heteroatoms. The molecule has 1 aromatic heterocycles. The van der Waals surface area contributed by atoms with Gasteiger partial charge >= 0.3 is 0 Å². The summed E-state index contributed by atoms with van der Waals surface area (Å²) in [5, 5.41) is 10.4. The molecule has 0 spiro atoms. The fourth-order valence-electron chi connectivity index (χ4n) is 3.76. The topological polar surface area (TPSA) is 83.8 Å². The Morgan fingerprint density at radius 3 is 2.87 bits per heavy atom. The van der Waals surface area contributed by atoms with Crippen LogP contribution in [0.3, 0.4) is 0 Å². The number of aromatic nitrogens is 2. The first-order chi connectivity index (χ1) is 14.6.